The van der Waals surface area contributed by atoms with Crippen molar-refractivity contribution < 1.29 is 4.74 Å². The highest BCUT2D eigenvalue weighted by atomic mass is 16.5. The second kappa shape index (κ2) is 5.93. The number of para-hydroxylation sites is 1. The van der Waals surface area contributed by atoms with Crippen molar-refractivity contribution in [2.24, 2.45) is 0 Å². The molecule has 0 saturated carbocycles. The van der Waals surface area contributed by atoms with E-state index in [0.29, 0.717) is 6.54 Å². The Morgan fingerprint density at radius 3 is 2.81 bits per heavy atom. The van der Waals surface area contributed by atoms with E-state index in [4.69, 9.17) is 4.74 Å². The summed E-state index contributed by atoms with van der Waals surface area (Å²) in [4.78, 5) is 0. The number of fused-ring (bicyclic) bond motifs is 1. The van der Waals surface area contributed by atoms with Gasteiger partial charge in [-0.2, -0.15) is 0 Å². The normalized spacial score (nSPS) is 12.5. The molecule has 0 radical (unpaired) electrons. The SMILES string of the molecule is COc1ccccc1CNC(C)c1nnc2ccccn12. The van der Waals surface area contributed by atoms with E-state index in [0.717, 1.165) is 22.8 Å². The van der Waals surface area contributed by atoms with Gasteiger partial charge in [0.15, 0.2) is 11.5 Å². The van der Waals surface area contributed by atoms with E-state index in [1.165, 1.54) is 0 Å². The van der Waals surface area contributed by atoms with Crippen molar-refractivity contribution in [3.63, 3.8) is 0 Å². The third-order valence-electron chi connectivity index (χ3n) is 3.52. The van der Waals surface area contributed by atoms with Gasteiger partial charge in [-0.25, -0.2) is 0 Å². The number of rotatable bonds is 5. The Morgan fingerprint density at radius 2 is 1.95 bits per heavy atom. The van der Waals surface area contributed by atoms with Crippen LogP contribution in [0, 0.1) is 0 Å². The molecular formula is C16H18N4O. The highest BCUT2D eigenvalue weighted by Crippen LogP contribution is 2.19. The van der Waals surface area contributed by atoms with Gasteiger partial charge in [-0.1, -0.05) is 24.3 Å². The Hall–Kier alpha value is -2.40. The quantitative estimate of drug-likeness (QED) is 0.781. The number of aromatic nitrogens is 3. The van der Waals surface area contributed by atoms with Crippen molar-refractivity contribution in [1.29, 1.82) is 0 Å². The van der Waals surface area contributed by atoms with Gasteiger partial charge in [0.1, 0.15) is 5.75 Å². The van der Waals surface area contributed by atoms with Crippen LogP contribution in [-0.4, -0.2) is 21.7 Å². The van der Waals surface area contributed by atoms with Gasteiger partial charge in [-0.15, -0.1) is 10.2 Å². The Balaban J connectivity index is 1.76. The van der Waals surface area contributed by atoms with Crippen LogP contribution >= 0.6 is 0 Å². The Labute approximate surface area is 123 Å². The third-order valence-corrected chi connectivity index (χ3v) is 3.52. The summed E-state index contributed by atoms with van der Waals surface area (Å²) in [5.74, 6) is 1.80. The molecule has 0 amide bonds. The van der Waals surface area contributed by atoms with E-state index in [-0.39, 0.29) is 6.04 Å². The molecule has 1 aromatic carbocycles. The molecule has 2 heterocycles. The lowest BCUT2D eigenvalue weighted by atomic mass is 10.2. The molecule has 3 aromatic rings. The number of benzene rings is 1. The van der Waals surface area contributed by atoms with E-state index < -0.39 is 0 Å². The van der Waals surface area contributed by atoms with E-state index in [1.54, 1.807) is 7.11 Å². The van der Waals surface area contributed by atoms with Crippen LogP contribution in [0.4, 0.5) is 0 Å². The summed E-state index contributed by atoms with van der Waals surface area (Å²) >= 11 is 0. The fourth-order valence-corrected chi connectivity index (χ4v) is 2.36. The van der Waals surface area contributed by atoms with Crippen molar-refractivity contribution >= 4 is 5.65 Å². The first-order valence-electron chi connectivity index (χ1n) is 6.94. The molecule has 3 rings (SSSR count). The minimum atomic E-state index is 0.0901. The Bertz CT molecular complexity index is 738. The van der Waals surface area contributed by atoms with Crippen LogP contribution < -0.4 is 10.1 Å². The van der Waals surface area contributed by atoms with E-state index in [1.807, 2.05) is 47.0 Å². The van der Waals surface area contributed by atoms with Crippen LogP contribution in [0.5, 0.6) is 5.75 Å². The van der Waals surface area contributed by atoms with Crippen LogP contribution in [0.3, 0.4) is 0 Å². The predicted octanol–water partition coefficient (Wildman–Crippen LogP) is 2.59. The molecular weight excluding hydrogens is 264 g/mol. The van der Waals surface area contributed by atoms with Gasteiger partial charge >= 0.3 is 0 Å². The fraction of sp³-hybridized carbons (Fsp3) is 0.250. The number of nitrogens with zero attached hydrogens (tertiary/aromatic N) is 3. The largest absolute Gasteiger partial charge is 0.496 e. The zero-order chi connectivity index (χ0) is 14.7. The topological polar surface area (TPSA) is 51.5 Å². The van der Waals surface area contributed by atoms with Crippen LogP contribution in [0.25, 0.3) is 5.65 Å². The molecule has 1 atom stereocenters. The lowest BCUT2D eigenvalue weighted by molar-refractivity contribution is 0.405. The maximum absolute atomic E-state index is 5.37. The van der Waals surface area contributed by atoms with Gasteiger partial charge in [0.2, 0.25) is 0 Å². The fourth-order valence-electron chi connectivity index (χ4n) is 2.36. The minimum absolute atomic E-state index is 0.0901. The van der Waals surface area contributed by atoms with Crippen LogP contribution in [0.15, 0.2) is 48.7 Å². The second-order valence-electron chi connectivity index (χ2n) is 4.90. The molecule has 1 unspecified atom stereocenters. The summed E-state index contributed by atoms with van der Waals surface area (Å²) in [6, 6.07) is 14.0. The number of hydrogen-bond acceptors (Lipinski definition) is 4. The molecule has 108 valence electrons. The van der Waals surface area contributed by atoms with Crippen LogP contribution in [0.2, 0.25) is 0 Å². The molecule has 0 bridgehead atoms. The molecule has 0 saturated heterocycles. The summed E-state index contributed by atoms with van der Waals surface area (Å²) in [6.45, 7) is 2.80. The van der Waals surface area contributed by atoms with Crippen molar-refractivity contribution in [2.45, 2.75) is 19.5 Å². The summed E-state index contributed by atoms with van der Waals surface area (Å²) in [7, 11) is 1.69. The van der Waals surface area contributed by atoms with Gasteiger partial charge in [0.25, 0.3) is 0 Å². The van der Waals surface area contributed by atoms with E-state index in [2.05, 4.69) is 28.5 Å². The van der Waals surface area contributed by atoms with Crippen molar-refractivity contribution in [3.05, 3.63) is 60.0 Å². The molecule has 0 fully saturated rings. The van der Waals surface area contributed by atoms with Crippen LogP contribution in [-0.2, 0) is 6.54 Å². The number of pyridine rings is 1. The molecule has 2 aromatic heterocycles. The summed E-state index contributed by atoms with van der Waals surface area (Å²) in [5, 5.41) is 11.9. The van der Waals surface area contributed by atoms with Gasteiger partial charge in [-0.05, 0) is 25.1 Å². The zero-order valence-corrected chi connectivity index (χ0v) is 12.2. The molecule has 0 aliphatic carbocycles. The highest BCUT2D eigenvalue weighted by molar-refractivity contribution is 5.37. The first kappa shape index (κ1) is 13.6. The predicted molar refractivity (Wildman–Crippen MR) is 81.2 cm³/mol. The van der Waals surface area contributed by atoms with Gasteiger partial charge in [0, 0.05) is 18.3 Å². The van der Waals surface area contributed by atoms with Crippen molar-refractivity contribution in [1.82, 2.24) is 19.9 Å². The molecule has 0 aliphatic heterocycles. The molecule has 21 heavy (non-hydrogen) atoms. The summed E-state index contributed by atoms with van der Waals surface area (Å²) < 4.78 is 7.37. The van der Waals surface area contributed by atoms with Gasteiger partial charge in [0.05, 0.1) is 13.2 Å². The molecule has 5 heteroatoms. The monoisotopic (exact) mass is 282 g/mol. The molecule has 1 N–H and O–H groups in total. The number of methoxy groups -OCH3 is 1. The average molecular weight is 282 g/mol. The maximum atomic E-state index is 5.37. The smallest absolute Gasteiger partial charge is 0.160 e. The minimum Gasteiger partial charge on any atom is -0.496 e. The number of nitrogens with one attached hydrogen (secondary N) is 1. The van der Waals surface area contributed by atoms with Gasteiger partial charge in [-0.3, -0.25) is 4.40 Å². The first-order valence-corrected chi connectivity index (χ1v) is 6.94. The van der Waals surface area contributed by atoms with Crippen LogP contribution in [0.1, 0.15) is 24.4 Å². The molecule has 0 spiro atoms. The second-order valence-corrected chi connectivity index (χ2v) is 4.90. The van der Waals surface area contributed by atoms with E-state index in [9.17, 15) is 0 Å². The Morgan fingerprint density at radius 1 is 1.14 bits per heavy atom. The van der Waals surface area contributed by atoms with E-state index >= 15 is 0 Å². The molecule has 5 nitrogen and oxygen atoms in total. The zero-order valence-electron chi connectivity index (χ0n) is 12.2. The maximum Gasteiger partial charge on any atom is 0.160 e. The third kappa shape index (κ3) is 2.73. The number of ether oxygens (including phenoxy) is 1. The number of hydrogen-bond donors (Lipinski definition) is 1. The first-order chi connectivity index (χ1) is 10.3. The lowest BCUT2D eigenvalue weighted by Gasteiger charge is -2.14. The van der Waals surface area contributed by atoms with Gasteiger partial charge < -0.3 is 10.1 Å². The lowest BCUT2D eigenvalue weighted by Crippen LogP contribution is -2.20. The molecule has 0 aliphatic rings. The summed E-state index contributed by atoms with van der Waals surface area (Å²) in [5.41, 5.74) is 1.99. The Kier molecular flexibility index (Phi) is 3.83. The summed E-state index contributed by atoms with van der Waals surface area (Å²) in [6.07, 6.45) is 1.98. The standard InChI is InChI=1S/C16H18N4O/c1-12(16-19-18-15-9-5-6-10-20(15)16)17-11-13-7-3-4-8-14(13)21-2/h3-10,12,17H,11H2,1-2H3. The highest BCUT2D eigenvalue weighted by Gasteiger charge is 2.13. The van der Waals surface area contributed by atoms with Crippen molar-refractivity contribution in [2.75, 3.05) is 7.11 Å². The van der Waals surface area contributed by atoms with Crippen molar-refractivity contribution in [3.8, 4) is 5.75 Å². The average Bonchev–Trinajstić information content (AvgIpc) is 2.97.